The Morgan fingerprint density at radius 3 is 2.48 bits per heavy atom. The second-order valence-corrected chi connectivity index (χ2v) is 7.84. The van der Waals surface area contributed by atoms with E-state index >= 15 is 0 Å². The van der Waals surface area contributed by atoms with Crippen molar-refractivity contribution in [3.63, 3.8) is 0 Å². The number of anilines is 1. The summed E-state index contributed by atoms with van der Waals surface area (Å²) < 4.78 is 1.14. The lowest BCUT2D eigenvalue weighted by Gasteiger charge is -2.23. The van der Waals surface area contributed by atoms with Crippen molar-refractivity contribution in [2.75, 3.05) is 31.1 Å². The number of nitrogens with one attached hydrogen (secondary N) is 1. The quantitative estimate of drug-likeness (QED) is 0.650. The lowest BCUT2D eigenvalue weighted by molar-refractivity contribution is -0.894. The van der Waals surface area contributed by atoms with Crippen LogP contribution in [0, 0.1) is 6.92 Å². The van der Waals surface area contributed by atoms with Crippen LogP contribution in [0.25, 0.3) is 10.2 Å². The molecule has 5 heteroatoms. The van der Waals surface area contributed by atoms with Gasteiger partial charge in [0.2, 0.25) is 5.91 Å². The van der Waals surface area contributed by atoms with Crippen molar-refractivity contribution in [1.29, 1.82) is 0 Å². The van der Waals surface area contributed by atoms with Gasteiger partial charge in [0.05, 0.1) is 42.8 Å². The Morgan fingerprint density at radius 1 is 1.07 bits per heavy atom. The molecular weight excluding hydrogens is 354 g/mol. The molecule has 0 spiro atoms. The summed E-state index contributed by atoms with van der Waals surface area (Å²) in [6.07, 6.45) is 0.406. The van der Waals surface area contributed by atoms with E-state index in [-0.39, 0.29) is 5.91 Å². The van der Waals surface area contributed by atoms with Gasteiger partial charge in [-0.1, -0.05) is 53.8 Å². The van der Waals surface area contributed by atoms with Gasteiger partial charge in [-0.3, -0.25) is 9.69 Å². The van der Waals surface area contributed by atoms with Gasteiger partial charge in [0.25, 0.3) is 0 Å². The highest BCUT2D eigenvalue weighted by atomic mass is 32.1. The highest BCUT2D eigenvalue weighted by molar-refractivity contribution is 7.22. The molecule has 0 unspecified atom stereocenters. The molecule has 0 radical (unpaired) electrons. The van der Waals surface area contributed by atoms with Crippen molar-refractivity contribution < 1.29 is 9.69 Å². The number of fused-ring (bicyclic) bond motifs is 1. The minimum Gasteiger partial charge on any atom is -0.334 e. The maximum atomic E-state index is 13.1. The van der Waals surface area contributed by atoms with Crippen molar-refractivity contribution in [3.05, 3.63) is 59.7 Å². The summed E-state index contributed by atoms with van der Waals surface area (Å²) >= 11 is 1.61. The molecule has 142 valence electrons. The van der Waals surface area contributed by atoms with Crippen LogP contribution in [0.4, 0.5) is 5.13 Å². The molecule has 3 aromatic rings. The smallest absolute Gasteiger partial charge is 0.233 e. The summed E-state index contributed by atoms with van der Waals surface area (Å²) in [5.74, 6) is 0.115. The zero-order valence-electron chi connectivity index (χ0n) is 16.4. The van der Waals surface area contributed by atoms with Crippen molar-refractivity contribution in [2.24, 2.45) is 0 Å². The Hall–Kier alpha value is -2.24. The maximum Gasteiger partial charge on any atom is 0.233 e. The number of carbonyl (C=O) groups is 1. The number of likely N-dealkylation sites (N-methyl/N-ethyl adjacent to an activating group) is 1. The van der Waals surface area contributed by atoms with Gasteiger partial charge >= 0.3 is 0 Å². The van der Waals surface area contributed by atoms with E-state index in [9.17, 15) is 4.79 Å². The van der Waals surface area contributed by atoms with Crippen molar-refractivity contribution >= 4 is 32.6 Å². The van der Waals surface area contributed by atoms with Crippen molar-refractivity contribution in [1.82, 2.24) is 4.98 Å². The number of amides is 1. The van der Waals surface area contributed by atoms with Gasteiger partial charge in [0, 0.05) is 0 Å². The highest BCUT2D eigenvalue weighted by Crippen LogP contribution is 2.30. The number of quaternary nitrogens is 1. The van der Waals surface area contributed by atoms with Gasteiger partial charge < -0.3 is 4.90 Å². The monoisotopic (exact) mass is 382 g/mol. The van der Waals surface area contributed by atoms with Crippen LogP contribution in [0.2, 0.25) is 0 Å². The van der Waals surface area contributed by atoms with Crippen LogP contribution >= 0.6 is 11.3 Å². The van der Waals surface area contributed by atoms with E-state index in [1.54, 1.807) is 11.3 Å². The maximum absolute atomic E-state index is 13.1. The molecule has 3 rings (SSSR count). The number of thiazole rings is 1. The van der Waals surface area contributed by atoms with Gasteiger partial charge in [-0.2, -0.15) is 0 Å². The van der Waals surface area contributed by atoms with Crippen LogP contribution in [-0.2, 0) is 11.2 Å². The highest BCUT2D eigenvalue weighted by Gasteiger charge is 2.22. The number of nitrogens with zero attached hydrogens (tertiary/aromatic N) is 2. The first kappa shape index (κ1) is 19.5. The summed E-state index contributed by atoms with van der Waals surface area (Å²) in [4.78, 5) is 21.3. The third-order valence-corrected chi connectivity index (χ3v) is 6.07. The number of benzene rings is 2. The third kappa shape index (κ3) is 4.73. The second kappa shape index (κ2) is 9.11. The van der Waals surface area contributed by atoms with E-state index in [1.165, 1.54) is 4.90 Å². The lowest BCUT2D eigenvalue weighted by atomic mass is 10.1. The van der Waals surface area contributed by atoms with E-state index < -0.39 is 0 Å². The summed E-state index contributed by atoms with van der Waals surface area (Å²) in [5.41, 5.74) is 3.20. The van der Waals surface area contributed by atoms with Crippen molar-refractivity contribution in [3.8, 4) is 0 Å². The molecule has 0 aliphatic rings. The van der Waals surface area contributed by atoms with E-state index in [2.05, 4.69) is 39.0 Å². The number of aromatic nitrogens is 1. The summed E-state index contributed by atoms with van der Waals surface area (Å²) in [5, 5.41) is 0.812. The predicted octanol–water partition coefficient (Wildman–Crippen LogP) is 3.11. The minimum atomic E-state index is 0.115. The predicted molar refractivity (Wildman–Crippen MR) is 114 cm³/mol. The van der Waals surface area contributed by atoms with Crippen molar-refractivity contribution in [2.45, 2.75) is 27.2 Å². The van der Waals surface area contributed by atoms with Crippen LogP contribution in [-0.4, -0.2) is 37.1 Å². The van der Waals surface area contributed by atoms with Crippen LogP contribution in [0.1, 0.15) is 25.0 Å². The molecule has 0 atom stereocenters. The first-order chi connectivity index (χ1) is 13.1. The molecule has 0 aliphatic heterocycles. The summed E-state index contributed by atoms with van der Waals surface area (Å²) in [6, 6.07) is 16.2. The number of carbonyl (C=O) groups excluding carboxylic acids is 1. The van der Waals surface area contributed by atoms with E-state index in [4.69, 9.17) is 4.98 Å². The van der Waals surface area contributed by atoms with Crippen LogP contribution in [0.3, 0.4) is 0 Å². The van der Waals surface area contributed by atoms with Gasteiger partial charge in [-0.15, -0.1) is 0 Å². The fraction of sp³-hybridized carbons (Fsp3) is 0.364. The topological polar surface area (TPSA) is 37.6 Å². The normalized spacial score (nSPS) is 11.3. The largest absolute Gasteiger partial charge is 0.334 e. The molecule has 27 heavy (non-hydrogen) atoms. The lowest BCUT2D eigenvalue weighted by Crippen LogP contribution is -3.12. The minimum absolute atomic E-state index is 0.115. The van der Waals surface area contributed by atoms with Crippen LogP contribution in [0.15, 0.2) is 48.5 Å². The molecule has 0 saturated heterocycles. The molecule has 2 aromatic carbocycles. The first-order valence-electron chi connectivity index (χ1n) is 9.66. The fourth-order valence-electron chi connectivity index (χ4n) is 3.26. The van der Waals surface area contributed by atoms with Gasteiger partial charge in [0.15, 0.2) is 5.13 Å². The summed E-state index contributed by atoms with van der Waals surface area (Å²) in [7, 11) is 0. The Labute approximate surface area is 165 Å². The number of aryl methyl sites for hydroxylation is 1. The van der Waals surface area contributed by atoms with Gasteiger partial charge in [-0.05, 0) is 38.0 Å². The zero-order valence-corrected chi connectivity index (χ0v) is 17.2. The molecule has 4 nitrogen and oxygen atoms in total. The Bertz CT molecular complexity index is 887. The average molecular weight is 383 g/mol. The van der Waals surface area contributed by atoms with E-state index in [0.717, 1.165) is 46.1 Å². The molecule has 0 aliphatic carbocycles. The number of hydrogen-bond acceptors (Lipinski definition) is 3. The number of para-hydroxylation sites is 1. The van der Waals surface area contributed by atoms with Crippen LogP contribution in [0.5, 0.6) is 0 Å². The molecular formula is C22H28N3OS+. The molecule has 1 amide bonds. The number of hydrogen-bond donors (Lipinski definition) is 1. The SMILES string of the molecule is CC[NH+](CC)CCN(C(=O)Cc1ccccc1)c1nc2c(C)cccc2s1. The Kier molecular flexibility index (Phi) is 6.58. The Morgan fingerprint density at radius 2 is 1.81 bits per heavy atom. The van der Waals surface area contributed by atoms with Gasteiger partial charge in [-0.25, -0.2) is 4.98 Å². The van der Waals surface area contributed by atoms with E-state index in [0.29, 0.717) is 13.0 Å². The molecule has 0 fully saturated rings. The zero-order chi connectivity index (χ0) is 19.2. The standard InChI is InChI=1S/C22H27N3OS/c1-4-24(5-2)14-15-25(20(26)16-18-11-7-6-8-12-18)22-23-21-17(3)10-9-13-19(21)27-22/h6-13H,4-5,14-16H2,1-3H3/p+1. The molecule has 1 heterocycles. The molecule has 1 N–H and O–H groups in total. The average Bonchev–Trinajstić information content (AvgIpc) is 3.11. The first-order valence-corrected chi connectivity index (χ1v) is 10.5. The molecule has 0 saturated carbocycles. The fourth-order valence-corrected chi connectivity index (χ4v) is 4.34. The summed E-state index contributed by atoms with van der Waals surface area (Å²) in [6.45, 7) is 10.2. The number of rotatable bonds is 8. The molecule has 1 aromatic heterocycles. The van der Waals surface area contributed by atoms with E-state index in [1.807, 2.05) is 35.2 Å². The Balaban J connectivity index is 1.88. The molecule has 0 bridgehead atoms. The van der Waals surface area contributed by atoms with Gasteiger partial charge in [0.1, 0.15) is 0 Å². The second-order valence-electron chi connectivity index (χ2n) is 6.83. The third-order valence-electron chi connectivity index (χ3n) is 5.03. The van der Waals surface area contributed by atoms with Crippen LogP contribution < -0.4 is 9.80 Å².